The van der Waals surface area contributed by atoms with Crippen LogP contribution in [-0.2, 0) is 23.8 Å². The molecule has 0 aromatic heterocycles. The van der Waals surface area contributed by atoms with Gasteiger partial charge >= 0.3 is 18.0 Å². The van der Waals surface area contributed by atoms with Crippen molar-refractivity contribution in [3.63, 3.8) is 0 Å². The van der Waals surface area contributed by atoms with Crippen LogP contribution in [0.2, 0.25) is 0 Å². The van der Waals surface area contributed by atoms with E-state index in [1.807, 2.05) is 0 Å². The lowest BCUT2D eigenvalue weighted by Gasteiger charge is -2.36. The molecule has 36 heavy (non-hydrogen) atoms. The number of nitrogens with zero attached hydrogens (tertiary/aromatic N) is 2. The van der Waals surface area contributed by atoms with Crippen molar-refractivity contribution in [2.45, 2.75) is 5.92 Å². The number of allylic oxidation sites excluding steroid dienone is 1. The van der Waals surface area contributed by atoms with E-state index in [1.165, 1.54) is 44.4 Å². The lowest BCUT2D eigenvalue weighted by molar-refractivity contribution is -0.139. The summed E-state index contributed by atoms with van der Waals surface area (Å²) in [6, 6.07) is 15.2. The summed E-state index contributed by atoms with van der Waals surface area (Å²) in [5.41, 5.74) is 7.20. The van der Waals surface area contributed by atoms with E-state index in [0.29, 0.717) is 5.56 Å². The van der Waals surface area contributed by atoms with Crippen LogP contribution in [0.4, 0.5) is 16.2 Å². The van der Waals surface area contributed by atoms with Gasteiger partial charge in [-0.15, -0.1) is 0 Å². The third-order valence-corrected chi connectivity index (χ3v) is 5.48. The molecule has 1 unspecified atom stereocenters. The molecule has 0 saturated carbocycles. The van der Waals surface area contributed by atoms with E-state index in [1.54, 1.807) is 30.3 Å². The lowest BCUT2D eigenvalue weighted by atomic mass is 9.81. The van der Waals surface area contributed by atoms with Gasteiger partial charge in [-0.1, -0.05) is 30.3 Å². The first-order valence-electron chi connectivity index (χ1n) is 10.5. The number of rotatable bonds is 6. The standard InChI is InChI=1S/C25H24N4O7/c1-33-18-12-15(10-11-17(18)28-25(32)36-4)29-21(24(31)35-3)20(23(30)34-2)19(16(13-26)22(29)27)14-8-6-5-7-9-14/h5-12,19H,27H2,1-4H3,(H,28,32). The van der Waals surface area contributed by atoms with E-state index >= 15 is 0 Å². The number of methoxy groups -OCH3 is 4. The van der Waals surface area contributed by atoms with Crippen molar-refractivity contribution in [3.8, 4) is 11.8 Å². The summed E-state index contributed by atoms with van der Waals surface area (Å²) < 4.78 is 20.0. The molecular formula is C25H24N4O7. The number of amides is 1. The summed E-state index contributed by atoms with van der Waals surface area (Å²) in [6.07, 6.45) is -0.723. The Balaban J connectivity index is 2.34. The van der Waals surface area contributed by atoms with Crippen LogP contribution in [0.15, 0.2) is 71.2 Å². The van der Waals surface area contributed by atoms with Gasteiger partial charge in [0.2, 0.25) is 0 Å². The zero-order chi connectivity index (χ0) is 26.4. The summed E-state index contributed by atoms with van der Waals surface area (Å²) in [4.78, 5) is 39.1. The SMILES string of the molecule is COC(=O)Nc1ccc(N2C(N)=C(C#N)C(c3ccccc3)C(C(=O)OC)=C2C(=O)OC)cc1OC. The van der Waals surface area contributed by atoms with Crippen LogP contribution in [0.1, 0.15) is 11.5 Å². The predicted molar refractivity (Wildman–Crippen MR) is 129 cm³/mol. The number of anilines is 2. The topological polar surface area (TPSA) is 153 Å². The third-order valence-electron chi connectivity index (χ3n) is 5.48. The molecule has 1 aliphatic heterocycles. The number of hydrogen-bond donors (Lipinski definition) is 2. The molecule has 0 bridgehead atoms. The van der Waals surface area contributed by atoms with Gasteiger partial charge in [0.25, 0.3) is 0 Å². The Hall–Kier alpha value is -4.98. The molecule has 1 aliphatic rings. The van der Waals surface area contributed by atoms with Crippen molar-refractivity contribution in [1.82, 2.24) is 0 Å². The molecular weight excluding hydrogens is 468 g/mol. The van der Waals surface area contributed by atoms with Crippen molar-refractivity contribution in [2.75, 3.05) is 38.7 Å². The summed E-state index contributed by atoms with van der Waals surface area (Å²) in [5.74, 6) is -2.62. The molecule has 1 amide bonds. The first kappa shape index (κ1) is 25.6. The molecule has 11 heteroatoms. The third kappa shape index (κ3) is 4.65. The molecule has 0 radical (unpaired) electrons. The molecule has 3 rings (SSSR count). The van der Waals surface area contributed by atoms with Crippen molar-refractivity contribution in [2.24, 2.45) is 5.73 Å². The monoisotopic (exact) mass is 492 g/mol. The van der Waals surface area contributed by atoms with Crippen molar-refractivity contribution >= 4 is 29.4 Å². The highest BCUT2D eigenvalue weighted by Gasteiger charge is 2.43. The van der Waals surface area contributed by atoms with Crippen LogP contribution in [-0.4, -0.2) is 46.5 Å². The second-order valence-electron chi connectivity index (χ2n) is 7.34. The Bertz CT molecular complexity index is 1300. The maximum atomic E-state index is 13.1. The number of nitrogens with one attached hydrogen (secondary N) is 1. The van der Waals surface area contributed by atoms with E-state index in [-0.39, 0.29) is 39.8 Å². The normalized spacial score (nSPS) is 15.1. The van der Waals surface area contributed by atoms with Crippen LogP contribution in [0.5, 0.6) is 5.75 Å². The van der Waals surface area contributed by atoms with Gasteiger partial charge < -0.3 is 24.7 Å². The number of carbonyl (C=O) groups excluding carboxylic acids is 3. The van der Waals surface area contributed by atoms with Crippen LogP contribution in [0, 0.1) is 11.3 Å². The average molecular weight is 492 g/mol. The number of nitrogens with two attached hydrogens (primary N) is 1. The zero-order valence-corrected chi connectivity index (χ0v) is 20.0. The van der Waals surface area contributed by atoms with Crippen LogP contribution in [0.3, 0.4) is 0 Å². The quantitative estimate of drug-likeness (QED) is 0.454. The second kappa shape index (κ2) is 11.0. The minimum Gasteiger partial charge on any atom is -0.494 e. The van der Waals surface area contributed by atoms with Gasteiger partial charge in [-0.25, -0.2) is 14.4 Å². The highest BCUT2D eigenvalue weighted by atomic mass is 16.5. The van der Waals surface area contributed by atoms with E-state index in [0.717, 1.165) is 7.11 Å². The van der Waals surface area contributed by atoms with Gasteiger partial charge in [0.05, 0.1) is 62.9 Å². The Morgan fingerprint density at radius 3 is 2.19 bits per heavy atom. The average Bonchev–Trinajstić information content (AvgIpc) is 2.91. The Kier molecular flexibility index (Phi) is 7.81. The molecule has 0 spiro atoms. The number of esters is 2. The van der Waals surface area contributed by atoms with E-state index in [9.17, 15) is 19.6 Å². The van der Waals surface area contributed by atoms with E-state index < -0.39 is 23.9 Å². The van der Waals surface area contributed by atoms with Crippen molar-refractivity contribution in [1.29, 1.82) is 5.26 Å². The molecule has 0 fully saturated rings. The highest BCUT2D eigenvalue weighted by Crippen LogP contribution is 2.44. The maximum Gasteiger partial charge on any atom is 0.411 e. The van der Waals surface area contributed by atoms with Gasteiger partial charge in [-0.05, 0) is 17.7 Å². The molecule has 3 N–H and O–H groups in total. The Morgan fingerprint density at radius 1 is 0.972 bits per heavy atom. The maximum absolute atomic E-state index is 13.1. The molecule has 0 saturated heterocycles. The first-order chi connectivity index (χ1) is 17.3. The van der Waals surface area contributed by atoms with Gasteiger partial charge in [0.15, 0.2) is 0 Å². The summed E-state index contributed by atoms with van der Waals surface area (Å²) >= 11 is 0. The molecule has 1 heterocycles. The minimum atomic E-state index is -0.990. The molecule has 2 aromatic carbocycles. The number of carbonyl (C=O) groups is 3. The van der Waals surface area contributed by atoms with Crippen molar-refractivity contribution in [3.05, 3.63) is 76.8 Å². The van der Waals surface area contributed by atoms with Gasteiger partial charge in [0, 0.05) is 6.07 Å². The molecule has 1 atom stereocenters. The first-order valence-corrected chi connectivity index (χ1v) is 10.5. The van der Waals surface area contributed by atoms with Gasteiger partial charge in [0.1, 0.15) is 17.3 Å². The van der Waals surface area contributed by atoms with Crippen LogP contribution in [0.25, 0.3) is 0 Å². The van der Waals surface area contributed by atoms with Gasteiger partial charge in [-0.3, -0.25) is 10.2 Å². The molecule has 11 nitrogen and oxygen atoms in total. The Morgan fingerprint density at radius 2 is 1.64 bits per heavy atom. The fraction of sp³-hybridized carbons (Fsp3) is 0.200. The fourth-order valence-corrected chi connectivity index (χ4v) is 3.86. The summed E-state index contributed by atoms with van der Waals surface area (Å²) in [6.45, 7) is 0. The summed E-state index contributed by atoms with van der Waals surface area (Å²) in [5, 5.41) is 12.6. The number of hydrogen-bond acceptors (Lipinski definition) is 10. The predicted octanol–water partition coefficient (Wildman–Crippen LogP) is 2.77. The minimum absolute atomic E-state index is 0.0185. The van der Waals surface area contributed by atoms with Crippen LogP contribution < -0.4 is 20.7 Å². The van der Waals surface area contributed by atoms with E-state index in [2.05, 4.69) is 16.1 Å². The van der Waals surface area contributed by atoms with Crippen LogP contribution >= 0.6 is 0 Å². The lowest BCUT2D eigenvalue weighted by Crippen LogP contribution is -2.40. The second-order valence-corrected chi connectivity index (χ2v) is 7.34. The highest BCUT2D eigenvalue weighted by molar-refractivity contribution is 6.06. The number of nitriles is 1. The number of ether oxygens (including phenoxy) is 4. The zero-order valence-electron chi connectivity index (χ0n) is 20.0. The van der Waals surface area contributed by atoms with Crippen molar-refractivity contribution < 1.29 is 33.3 Å². The Labute approximate surface area is 207 Å². The fourth-order valence-electron chi connectivity index (χ4n) is 3.86. The smallest absolute Gasteiger partial charge is 0.411 e. The van der Waals surface area contributed by atoms with E-state index in [4.69, 9.17) is 19.9 Å². The largest absolute Gasteiger partial charge is 0.494 e. The van der Waals surface area contributed by atoms with Gasteiger partial charge in [-0.2, -0.15) is 5.26 Å². The molecule has 0 aliphatic carbocycles. The number of benzene rings is 2. The summed E-state index contributed by atoms with van der Waals surface area (Å²) in [7, 11) is 4.91. The molecule has 186 valence electrons. The molecule has 2 aromatic rings.